The molecule has 0 saturated heterocycles. The van der Waals surface area contributed by atoms with E-state index in [9.17, 15) is 14.3 Å². The molecule has 1 fully saturated rings. The van der Waals surface area contributed by atoms with Crippen molar-refractivity contribution in [3.05, 3.63) is 47.7 Å². The second kappa shape index (κ2) is 9.84. The first-order valence-corrected chi connectivity index (χ1v) is 11.3. The summed E-state index contributed by atoms with van der Waals surface area (Å²) in [6.07, 6.45) is 8.69. The highest BCUT2D eigenvalue weighted by Crippen LogP contribution is 2.32. The first-order valence-electron chi connectivity index (χ1n) is 11.3. The number of hydrogen-bond acceptors (Lipinski definition) is 6. The van der Waals surface area contributed by atoms with Crippen molar-refractivity contribution in [1.29, 1.82) is 0 Å². The van der Waals surface area contributed by atoms with Crippen LogP contribution in [-0.2, 0) is 11.2 Å². The topological polar surface area (TPSA) is 126 Å². The molecule has 2 aromatic heterocycles. The van der Waals surface area contributed by atoms with E-state index in [-0.39, 0.29) is 30.6 Å². The van der Waals surface area contributed by atoms with Gasteiger partial charge in [-0.05, 0) is 55.9 Å². The number of carbonyl (C=O) groups excluding carboxylic acids is 1. The summed E-state index contributed by atoms with van der Waals surface area (Å²) < 4.78 is 20.5. The van der Waals surface area contributed by atoms with Crippen LogP contribution in [0.4, 0.5) is 4.39 Å². The number of aryl methyl sites for hydroxylation is 1. The third-order valence-corrected chi connectivity index (χ3v) is 6.42. The normalized spacial score (nSPS) is 16.5. The quantitative estimate of drug-likeness (QED) is 0.413. The Morgan fingerprint density at radius 2 is 2.12 bits per heavy atom. The number of halogens is 1. The van der Waals surface area contributed by atoms with Crippen LogP contribution in [0.25, 0.3) is 11.0 Å². The van der Waals surface area contributed by atoms with Crippen LogP contribution >= 0.6 is 0 Å². The molecule has 2 heterocycles. The van der Waals surface area contributed by atoms with E-state index in [1.807, 2.05) is 6.92 Å². The van der Waals surface area contributed by atoms with Crippen LogP contribution in [0.3, 0.4) is 0 Å². The lowest BCUT2D eigenvalue weighted by molar-refractivity contribution is -0.125. The van der Waals surface area contributed by atoms with Crippen LogP contribution in [0.2, 0.25) is 0 Å². The second-order valence-corrected chi connectivity index (χ2v) is 8.86. The highest BCUT2D eigenvalue weighted by Gasteiger charge is 2.34. The first kappa shape index (κ1) is 23.1. The number of aliphatic hydroxyl groups is 1. The number of aromatic nitrogens is 3. The molecule has 1 aliphatic carbocycles. The van der Waals surface area contributed by atoms with Gasteiger partial charge < -0.3 is 25.9 Å². The Kier molecular flexibility index (Phi) is 6.90. The number of amides is 1. The Bertz CT molecular complexity index is 1120. The molecule has 0 aliphatic heterocycles. The number of carbonyl (C=O) groups is 1. The highest BCUT2D eigenvalue weighted by molar-refractivity contribution is 5.84. The number of aromatic amines is 1. The molecule has 176 valence electrons. The molecule has 3 aromatic rings. The van der Waals surface area contributed by atoms with Gasteiger partial charge in [0.1, 0.15) is 12.0 Å². The van der Waals surface area contributed by atoms with E-state index in [0.717, 1.165) is 37.7 Å². The van der Waals surface area contributed by atoms with E-state index in [2.05, 4.69) is 20.3 Å². The molecule has 9 heteroatoms. The van der Waals surface area contributed by atoms with E-state index in [4.69, 9.17) is 10.5 Å². The molecule has 1 unspecified atom stereocenters. The third kappa shape index (κ3) is 5.15. The first-order chi connectivity index (χ1) is 15.9. The van der Waals surface area contributed by atoms with E-state index in [0.29, 0.717) is 23.0 Å². The minimum absolute atomic E-state index is 0.0170. The molecule has 5 N–H and O–H groups in total. The molecule has 33 heavy (non-hydrogen) atoms. The zero-order valence-corrected chi connectivity index (χ0v) is 18.7. The number of nitrogens with zero attached hydrogens (tertiary/aromatic N) is 2. The van der Waals surface area contributed by atoms with Crippen molar-refractivity contribution in [1.82, 2.24) is 20.3 Å². The van der Waals surface area contributed by atoms with Crippen LogP contribution in [0.5, 0.6) is 11.6 Å². The van der Waals surface area contributed by atoms with Gasteiger partial charge in [-0.15, -0.1) is 0 Å². The number of aliphatic hydroxyl groups excluding tert-OH is 1. The van der Waals surface area contributed by atoms with Crippen LogP contribution in [0, 0.1) is 12.7 Å². The molecular formula is C24H30FN5O3. The summed E-state index contributed by atoms with van der Waals surface area (Å²) in [5, 5.41) is 13.2. The predicted octanol–water partition coefficient (Wildman–Crippen LogP) is 3.27. The van der Waals surface area contributed by atoms with Crippen LogP contribution in [-0.4, -0.2) is 44.2 Å². The third-order valence-electron chi connectivity index (χ3n) is 6.42. The summed E-state index contributed by atoms with van der Waals surface area (Å²) in [6.45, 7) is 1.90. The van der Waals surface area contributed by atoms with Gasteiger partial charge in [0.2, 0.25) is 11.8 Å². The van der Waals surface area contributed by atoms with Crippen LogP contribution in [0.15, 0.2) is 30.7 Å². The fourth-order valence-corrected chi connectivity index (χ4v) is 4.60. The van der Waals surface area contributed by atoms with E-state index in [1.54, 1.807) is 12.3 Å². The molecule has 1 saturated carbocycles. The van der Waals surface area contributed by atoms with Crippen LogP contribution in [0.1, 0.15) is 49.7 Å². The zero-order valence-electron chi connectivity index (χ0n) is 18.7. The van der Waals surface area contributed by atoms with Gasteiger partial charge in [-0.1, -0.05) is 25.3 Å². The standard InChI is InChI=1S/C24H30FN5O3/c1-15-13-27-21-20(15)23(29-14-28-21)33-19-6-5-16(11-17(19)25)12-18(26)22(32)30-24(9-10-31)7-3-2-4-8-24/h5-6,11,13-14,18,31H,2-4,7-10,12,26H2,1H3,(H,30,32)(H,27,28,29). The molecule has 0 spiro atoms. The van der Waals surface area contributed by atoms with Gasteiger partial charge >= 0.3 is 0 Å². The molecule has 1 aliphatic rings. The van der Waals surface area contributed by atoms with Gasteiger partial charge in [0.25, 0.3) is 0 Å². The molecule has 4 rings (SSSR count). The lowest BCUT2D eigenvalue weighted by atomic mass is 9.79. The second-order valence-electron chi connectivity index (χ2n) is 8.86. The predicted molar refractivity (Wildman–Crippen MR) is 122 cm³/mol. The van der Waals surface area contributed by atoms with Crippen molar-refractivity contribution in [3.63, 3.8) is 0 Å². The summed E-state index contributed by atoms with van der Waals surface area (Å²) in [5.41, 5.74) is 7.85. The average molecular weight is 456 g/mol. The Morgan fingerprint density at radius 3 is 2.85 bits per heavy atom. The van der Waals surface area contributed by atoms with E-state index in [1.165, 1.54) is 18.5 Å². The molecule has 0 bridgehead atoms. The van der Waals surface area contributed by atoms with Gasteiger partial charge in [-0.3, -0.25) is 4.79 Å². The van der Waals surface area contributed by atoms with Crippen molar-refractivity contribution in [2.75, 3.05) is 6.61 Å². The van der Waals surface area contributed by atoms with Gasteiger partial charge in [-0.25, -0.2) is 14.4 Å². The lowest BCUT2D eigenvalue weighted by Crippen LogP contribution is -2.55. The summed E-state index contributed by atoms with van der Waals surface area (Å²) in [5.74, 6) is -0.550. The number of rotatable bonds is 8. The maximum atomic E-state index is 14.8. The summed E-state index contributed by atoms with van der Waals surface area (Å²) in [6, 6.07) is 3.71. The van der Waals surface area contributed by atoms with Gasteiger partial charge in [0.15, 0.2) is 11.6 Å². The minimum Gasteiger partial charge on any atom is -0.435 e. The van der Waals surface area contributed by atoms with Crippen molar-refractivity contribution in [2.45, 2.75) is 63.5 Å². The van der Waals surface area contributed by atoms with E-state index < -0.39 is 17.4 Å². The van der Waals surface area contributed by atoms with Gasteiger partial charge in [0, 0.05) is 18.3 Å². The number of benzene rings is 1. The Balaban J connectivity index is 1.43. The van der Waals surface area contributed by atoms with E-state index >= 15 is 0 Å². The van der Waals surface area contributed by atoms with Crippen LogP contribution < -0.4 is 15.8 Å². The number of nitrogens with two attached hydrogens (primary N) is 1. The molecule has 0 radical (unpaired) electrons. The number of hydrogen-bond donors (Lipinski definition) is 4. The maximum absolute atomic E-state index is 14.8. The molecule has 1 aromatic carbocycles. The summed E-state index contributed by atoms with van der Waals surface area (Å²) in [7, 11) is 0. The highest BCUT2D eigenvalue weighted by atomic mass is 19.1. The van der Waals surface area contributed by atoms with Crippen molar-refractivity contribution >= 4 is 16.9 Å². The monoisotopic (exact) mass is 455 g/mol. The number of fused-ring (bicyclic) bond motifs is 1. The Labute approximate surface area is 191 Å². The summed E-state index contributed by atoms with van der Waals surface area (Å²) >= 11 is 0. The molecule has 8 nitrogen and oxygen atoms in total. The SMILES string of the molecule is Cc1c[nH]c2ncnc(Oc3ccc(CC(N)C(=O)NC4(CCO)CCCCC4)cc3F)c12. The van der Waals surface area contributed by atoms with Crippen molar-refractivity contribution in [3.8, 4) is 11.6 Å². The van der Waals surface area contributed by atoms with Gasteiger partial charge in [-0.2, -0.15) is 0 Å². The Hall–Kier alpha value is -3.04. The fraction of sp³-hybridized carbons (Fsp3) is 0.458. The summed E-state index contributed by atoms with van der Waals surface area (Å²) in [4.78, 5) is 24.1. The number of H-pyrrole nitrogens is 1. The lowest BCUT2D eigenvalue weighted by Gasteiger charge is -2.38. The van der Waals surface area contributed by atoms with Crippen molar-refractivity contribution in [2.24, 2.45) is 5.73 Å². The van der Waals surface area contributed by atoms with Crippen molar-refractivity contribution < 1.29 is 19.0 Å². The molecule has 1 amide bonds. The number of nitrogens with one attached hydrogen (secondary N) is 2. The largest absolute Gasteiger partial charge is 0.435 e. The zero-order chi connectivity index (χ0) is 23.4. The maximum Gasteiger partial charge on any atom is 0.237 e. The Morgan fingerprint density at radius 1 is 1.33 bits per heavy atom. The minimum atomic E-state index is -0.822. The molecule has 1 atom stereocenters. The fourth-order valence-electron chi connectivity index (χ4n) is 4.60. The number of ether oxygens (including phenoxy) is 1. The van der Waals surface area contributed by atoms with Gasteiger partial charge in [0.05, 0.1) is 11.4 Å². The smallest absolute Gasteiger partial charge is 0.237 e. The average Bonchev–Trinajstić information content (AvgIpc) is 3.18. The molecular weight excluding hydrogens is 425 g/mol.